The van der Waals surface area contributed by atoms with Crippen LogP contribution in [0.2, 0.25) is 0 Å². The lowest BCUT2D eigenvalue weighted by Crippen LogP contribution is -2.35. The minimum absolute atomic E-state index is 0.120. The van der Waals surface area contributed by atoms with Crippen molar-refractivity contribution in [1.82, 2.24) is 4.90 Å². The van der Waals surface area contributed by atoms with Gasteiger partial charge in [-0.2, -0.15) is 0 Å². The summed E-state index contributed by atoms with van der Waals surface area (Å²) >= 11 is 0.910. The zero-order valence-corrected chi connectivity index (χ0v) is 9.50. The number of rotatable bonds is 4. The molecule has 15 heavy (non-hydrogen) atoms. The number of nitrogens with zero attached hydrogens (tertiary/aromatic N) is 1. The summed E-state index contributed by atoms with van der Waals surface area (Å²) in [4.78, 5) is 34.5. The minimum atomic E-state index is -0.534. The number of hydrogen-bond donors (Lipinski definition) is 0. The Morgan fingerprint density at radius 3 is 2.73 bits per heavy atom. The second-order valence-corrected chi connectivity index (χ2v) is 4.17. The van der Waals surface area contributed by atoms with Crippen LogP contribution < -0.4 is 0 Å². The van der Waals surface area contributed by atoms with E-state index in [2.05, 4.69) is 0 Å². The maximum Gasteiger partial charge on any atom is 0.326 e. The molecule has 0 aromatic heterocycles. The molecule has 1 atom stereocenters. The van der Waals surface area contributed by atoms with E-state index in [0.717, 1.165) is 16.7 Å². The summed E-state index contributed by atoms with van der Waals surface area (Å²) in [6.45, 7) is 3.38. The first-order chi connectivity index (χ1) is 7.04. The smallest absolute Gasteiger partial charge is 0.326 e. The normalized spacial score (nSPS) is 18.1. The Labute approximate surface area is 92.1 Å². The fraction of sp³-hybridized carbons (Fsp3) is 0.667. The quantitative estimate of drug-likeness (QED) is 0.676. The highest BCUT2D eigenvalue weighted by Crippen LogP contribution is 2.18. The molecular formula is C9H13NO4S. The van der Waals surface area contributed by atoms with Gasteiger partial charge in [0, 0.05) is 0 Å². The van der Waals surface area contributed by atoms with Crippen molar-refractivity contribution in [2.24, 2.45) is 0 Å². The van der Waals surface area contributed by atoms with E-state index in [1.165, 1.54) is 0 Å². The van der Waals surface area contributed by atoms with E-state index in [9.17, 15) is 14.4 Å². The molecule has 5 nitrogen and oxygen atoms in total. The molecule has 1 aliphatic rings. The fourth-order valence-electron chi connectivity index (χ4n) is 1.01. The average Bonchev–Trinajstić information content (AvgIpc) is 2.49. The Bertz CT molecular complexity index is 276. The number of ether oxygens (including phenoxy) is 1. The number of carbonyl (C=O) groups excluding carboxylic acids is 3. The maximum atomic E-state index is 11.3. The van der Waals surface area contributed by atoms with Crippen molar-refractivity contribution < 1.29 is 19.1 Å². The lowest BCUT2D eigenvalue weighted by atomic mass is 10.3. The van der Waals surface area contributed by atoms with Crippen LogP contribution in [0.15, 0.2) is 0 Å². The number of carbonyl (C=O) groups is 3. The van der Waals surface area contributed by atoms with Gasteiger partial charge in [0.05, 0.1) is 11.9 Å². The molecule has 0 radical (unpaired) electrons. The molecule has 0 aromatic rings. The topological polar surface area (TPSA) is 63.7 Å². The van der Waals surface area contributed by atoms with Crippen LogP contribution >= 0.6 is 11.8 Å². The zero-order valence-electron chi connectivity index (χ0n) is 8.69. The van der Waals surface area contributed by atoms with Crippen molar-refractivity contribution in [2.75, 3.05) is 12.3 Å². The van der Waals surface area contributed by atoms with Crippen molar-refractivity contribution in [2.45, 2.75) is 26.4 Å². The number of esters is 1. The van der Waals surface area contributed by atoms with E-state index in [-0.39, 0.29) is 29.5 Å². The van der Waals surface area contributed by atoms with Gasteiger partial charge in [0.25, 0.3) is 5.24 Å². The van der Waals surface area contributed by atoms with Gasteiger partial charge < -0.3 is 4.74 Å². The highest BCUT2D eigenvalue weighted by atomic mass is 32.2. The van der Waals surface area contributed by atoms with Crippen molar-refractivity contribution >= 4 is 28.9 Å². The van der Waals surface area contributed by atoms with E-state index >= 15 is 0 Å². The Kier molecular flexibility index (Phi) is 4.14. The van der Waals surface area contributed by atoms with Crippen molar-refractivity contribution in [3.05, 3.63) is 0 Å². The first kappa shape index (κ1) is 12.0. The van der Waals surface area contributed by atoms with Crippen LogP contribution in [0.1, 0.15) is 20.3 Å². The molecule has 1 unspecified atom stereocenters. The molecule has 1 aliphatic heterocycles. The van der Waals surface area contributed by atoms with Crippen LogP contribution in [-0.2, 0) is 14.3 Å². The molecule has 1 rings (SSSR count). The Balaban J connectivity index is 2.44. The molecule has 0 N–H and O–H groups in total. The van der Waals surface area contributed by atoms with Gasteiger partial charge in [-0.3, -0.25) is 19.3 Å². The third-order valence-electron chi connectivity index (χ3n) is 2.04. The molecule has 0 aliphatic carbocycles. The van der Waals surface area contributed by atoms with Crippen molar-refractivity contribution in [3.8, 4) is 0 Å². The molecule has 2 amide bonds. The second-order valence-electron chi connectivity index (χ2n) is 3.24. The van der Waals surface area contributed by atoms with Crippen LogP contribution in [0, 0.1) is 0 Å². The molecule has 0 bridgehead atoms. The minimum Gasteiger partial charge on any atom is -0.461 e. The zero-order chi connectivity index (χ0) is 11.4. The highest BCUT2D eigenvalue weighted by Gasteiger charge is 2.32. The molecule has 84 valence electrons. The van der Waals surface area contributed by atoms with Crippen LogP contribution in [0.3, 0.4) is 0 Å². The van der Waals surface area contributed by atoms with E-state index in [1.807, 2.05) is 6.92 Å². The van der Waals surface area contributed by atoms with Gasteiger partial charge in [-0.05, 0) is 13.3 Å². The monoisotopic (exact) mass is 231 g/mol. The van der Waals surface area contributed by atoms with Gasteiger partial charge >= 0.3 is 5.97 Å². The number of amides is 2. The summed E-state index contributed by atoms with van der Waals surface area (Å²) in [6, 6.07) is 0. The highest BCUT2D eigenvalue weighted by molar-refractivity contribution is 8.14. The summed E-state index contributed by atoms with van der Waals surface area (Å²) < 4.78 is 4.96. The molecule has 6 heteroatoms. The van der Waals surface area contributed by atoms with Crippen molar-refractivity contribution in [3.63, 3.8) is 0 Å². The predicted octanol–water partition coefficient (Wildman–Crippen LogP) is 1.02. The standard InChI is InChI=1S/C9H13NO4S/c1-3-6(2)14-8(12)4-10-7(11)5-15-9(10)13/h6H,3-5H2,1-2H3. The van der Waals surface area contributed by atoms with Crippen LogP contribution in [0.4, 0.5) is 4.79 Å². The summed E-state index contributed by atoms with van der Waals surface area (Å²) in [5.74, 6) is -0.741. The summed E-state index contributed by atoms with van der Waals surface area (Å²) in [5.41, 5.74) is 0. The average molecular weight is 231 g/mol. The third-order valence-corrected chi connectivity index (χ3v) is 2.89. The lowest BCUT2D eigenvalue weighted by Gasteiger charge is -2.14. The molecule has 0 spiro atoms. The molecule has 1 fully saturated rings. The summed E-state index contributed by atoms with van der Waals surface area (Å²) in [5, 5.41) is -0.374. The maximum absolute atomic E-state index is 11.3. The lowest BCUT2D eigenvalue weighted by molar-refractivity contribution is -0.150. The molecule has 0 aromatic carbocycles. The van der Waals surface area contributed by atoms with Gasteiger partial charge in [0.15, 0.2) is 0 Å². The van der Waals surface area contributed by atoms with Gasteiger partial charge in [0.1, 0.15) is 6.54 Å². The summed E-state index contributed by atoms with van der Waals surface area (Å²) in [7, 11) is 0. The van der Waals surface area contributed by atoms with E-state index in [0.29, 0.717) is 6.42 Å². The molecule has 1 heterocycles. The largest absolute Gasteiger partial charge is 0.461 e. The molecule has 1 saturated heterocycles. The first-order valence-corrected chi connectivity index (χ1v) is 5.69. The number of thioether (sulfide) groups is 1. The third kappa shape index (κ3) is 3.23. The van der Waals surface area contributed by atoms with Crippen molar-refractivity contribution in [1.29, 1.82) is 0 Å². The summed E-state index contributed by atoms with van der Waals surface area (Å²) in [6.07, 6.45) is 0.528. The fourth-order valence-corrected chi connectivity index (χ4v) is 1.73. The van der Waals surface area contributed by atoms with Crippen LogP contribution in [-0.4, -0.2) is 40.4 Å². The van der Waals surface area contributed by atoms with Gasteiger partial charge in [-0.15, -0.1) is 0 Å². The van der Waals surface area contributed by atoms with E-state index in [4.69, 9.17) is 4.74 Å². The number of imide groups is 1. The van der Waals surface area contributed by atoms with Gasteiger partial charge in [-0.25, -0.2) is 0 Å². The van der Waals surface area contributed by atoms with Gasteiger partial charge in [-0.1, -0.05) is 18.7 Å². The first-order valence-electron chi connectivity index (χ1n) is 4.71. The van der Waals surface area contributed by atoms with E-state index in [1.54, 1.807) is 6.92 Å². The Hall–Kier alpha value is -1.04. The van der Waals surface area contributed by atoms with Crippen LogP contribution in [0.5, 0.6) is 0 Å². The van der Waals surface area contributed by atoms with Gasteiger partial charge in [0.2, 0.25) is 5.91 Å². The Morgan fingerprint density at radius 1 is 1.60 bits per heavy atom. The number of hydrogen-bond acceptors (Lipinski definition) is 5. The second kappa shape index (κ2) is 5.16. The van der Waals surface area contributed by atoms with E-state index < -0.39 is 5.97 Å². The Morgan fingerprint density at radius 2 is 2.27 bits per heavy atom. The molecular weight excluding hydrogens is 218 g/mol. The SMILES string of the molecule is CCC(C)OC(=O)CN1C(=O)CSC1=O. The predicted molar refractivity (Wildman–Crippen MR) is 55.4 cm³/mol. The van der Waals surface area contributed by atoms with Crippen LogP contribution in [0.25, 0.3) is 0 Å². The molecule has 0 saturated carbocycles.